The van der Waals surface area contributed by atoms with Crippen LogP contribution in [0.4, 0.5) is 26.2 Å². The van der Waals surface area contributed by atoms with Crippen LogP contribution in [-0.2, 0) is 11.3 Å². The number of hydrogen-bond donors (Lipinski definition) is 2. The number of para-hydroxylation sites is 1. The zero-order chi connectivity index (χ0) is 36.5. The molecule has 5 rings (SSSR count). The Hall–Kier alpha value is -3.96. The first kappa shape index (κ1) is 38.8. The summed E-state index contributed by atoms with van der Waals surface area (Å²) >= 11 is 0. The maximum atomic E-state index is 15.2. The number of carbonyl (C=O) groups excluding carboxylic acids is 2. The van der Waals surface area contributed by atoms with Crippen LogP contribution in [0.1, 0.15) is 88.7 Å². The lowest BCUT2D eigenvalue weighted by Gasteiger charge is -2.41. The van der Waals surface area contributed by atoms with Crippen LogP contribution < -0.4 is 20.4 Å². The number of anilines is 3. The summed E-state index contributed by atoms with van der Waals surface area (Å²) in [5.74, 6) is -0.512. The Kier molecular flexibility index (Phi) is 13.8. The van der Waals surface area contributed by atoms with Gasteiger partial charge in [-0.15, -0.1) is 0 Å². The fourth-order valence-electron chi connectivity index (χ4n) is 6.59. The van der Waals surface area contributed by atoms with E-state index in [9.17, 15) is 9.59 Å². The monoisotopic (exact) mass is 691 g/mol. The minimum Gasteiger partial charge on any atom is -0.349 e. The molecule has 2 N–H and O–H groups in total. The number of piperidine rings is 2. The third-order valence-electron chi connectivity index (χ3n) is 10.0. The number of hydrogen-bond acceptors (Lipinski definition) is 7. The van der Waals surface area contributed by atoms with Gasteiger partial charge in [-0.2, -0.15) is 4.98 Å². The molecule has 1 aromatic heterocycles. The van der Waals surface area contributed by atoms with E-state index in [4.69, 9.17) is 9.97 Å². The number of carbonyl (C=O) groups is 2. The molecule has 0 aliphatic carbocycles. The summed E-state index contributed by atoms with van der Waals surface area (Å²) < 4.78 is 30.4. The first-order chi connectivity index (χ1) is 24.0. The van der Waals surface area contributed by atoms with Crippen molar-refractivity contribution in [3.8, 4) is 11.3 Å². The molecule has 0 radical (unpaired) electrons. The number of amides is 2. The van der Waals surface area contributed by atoms with Crippen LogP contribution in [0.2, 0.25) is 0 Å². The predicted octanol–water partition coefficient (Wildman–Crippen LogP) is 7.25. The van der Waals surface area contributed by atoms with Crippen LogP contribution in [0.15, 0.2) is 36.4 Å². The van der Waals surface area contributed by atoms with Crippen molar-refractivity contribution < 1.29 is 18.4 Å². The number of aromatic nitrogens is 2. The molecular formula is C39H55F2N7O2. The Labute approximate surface area is 296 Å². The number of rotatable bonds is 11. The first-order valence-corrected chi connectivity index (χ1v) is 18.2. The molecule has 1 unspecified atom stereocenters. The highest BCUT2D eigenvalue weighted by molar-refractivity contribution is 5.96. The van der Waals surface area contributed by atoms with Crippen LogP contribution in [0, 0.1) is 30.4 Å². The van der Waals surface area contributed by atoms with E-state index in [1.54, 1.807) is 19.2 Å². The summed E-state index contributed by atoms with van der Waals surface area (Å²) in [5.41, 5.74) is 2.44. The van der Waals surface area contributed by atoms with E-state index >= 15 is 8.78 Å². The molecule has 272 valence electrons. The van der Waals surface area contributed by atoms with Gasteiger partial charge < -0.3 is 20.4 Å². The highest BCUT2D eigenvalue weighted by Gasteiger charge is 2.31. The molecule has 2 saturated heterocycles. The van der Waals surface area contributed by atoms with Crippen LogP contribution >= 0.6 is 0 Å². The second-order valence-corrected chi connectivity index (χ2v) is 13.7. The summed E-state index contributed by atoms with van der Waals surface area (Å²) in [5, 5.41) is 6.19. The summed E-state index contributed by atoms with van der Waals surface area (Å²) in [7, 11) is 1.74. The van der Waals surface area contributed by atoms with Gasteiger partial charge in [0.2, 0.25) is 12.4 Å². The summed E-state index contributed by atoms with van der Waals surface area (Å²) in [4.78, 5) is 41.7. The van der Waals surface area contributed by atoms with Crippen LogP contribution in [0.25, 0.3) is 11.3 Å². The van der Waals surface area contributed by atoms with Gasteiger partial charge in [-0.25, -0.2) is 13.8 Å². The number of likely N-dealkylation sites (tertiary alicyclic amines) is 1. The van der Waals surface area contributed by atoms with Gasteiger partial charge in [-0.3, -0.25) is 14.5 Å². The lowest BCUT2D eigenvalue weighted by molar-refractivity contribution is -0.106. The number of nitrogens with one attached hydrogen (secondary N) is 2. The van der Waals surface area contributed by atoms with Crippen molar-refractivity contribution in [3.05, 3.63) is 64.7 Å². The topological polar surface area (TPSA) is 93.7 Å². The number of benzene rings is 2. The van der Waals surface area contributed by atoms with Gasteiger partial charge in [0.25, 0.3) is 5.91 Å². The van der Waals surface area contributed by atoms with Gasteiger partial charge in [0, 0.05) is 48.4 Å². The Morgan fingerprint density at radius 1 is 1.00 bits per heavy atom. The molecule has 3 heterocycles. The van der Waals surface area contributed by atoms with Crippen molar-refractivity contribution in [2.24, 2.45) is 11.8 Å². The van der Waals surface area contributed by atoms with Crippen LogP contribution in [-0.4, -0.2) is 72.5 Å². The van der Waals surface area contributed by atoms with Crippen molar-refractivity contribution in [3.63, 3.8) is 0 Å². The fraction of sp³-hybridized carbons (Fsp3) is 0.538. The van der Waals surface area contributed by atoms with Crippen molar-refractivity contribution in [2.45, 2.75) is 92.8 Å². The van der Waals surface area contributed by atoms with Crippen LogP contribution in [0.5, 0.6) is 0 Å². The molecule has 0 saturated carbocycles. The largest absolute Gasteiger partial charge is 0.349 e. The maximum Gasteiger partial charge on any atom is 0.251 e. The molecule has 0 spiro atoms. The van der Waals surface area contributed by atoms with E-state index in [0.717, 1.165) is 54.4 Å². The molecule has 3 aromatic rings. The molecule has 50 heavy (non-hydrogen) atoms. The maximum absolute atomic E-state index is 15.2. The Balaban J connectivity index is 0.00000276. The van der Waals surface area contributed by atoms with Gasteiger partial charge in [-0.1, -0.05) is 46.8 Å². The molecule has 11 heteroatoms. The van der Waals surface area contributed by atoms with Gasteiger partial charge in [0.05, 0.1) is 5.69 Å². The van der Waals surface area contributed by atoms with E-state index in [0.29, 0.717) is 53.9 Å². The summed E-state index contributed by atoms with van der Waals surface area (Å²) in [6, 6.07) is 9.38. The average molecular weight is 692 g/mol. The smallest absolute Gasteiger partial charge is 0.251 e. The fourth-order valence-corrected chi connectivity index (χ4v) is 6.59. The average Bonchev–Trinajstić information content (AvgIpc) is 3.11. The van der Waals surface area contributed by atoms with Crippen molar-refractivity contribution in [1.29, 1.82) is 0 Å². The van der Waals surface area contributed by atoms with E-state index in [-0.39, 0.29) is 30.2 Å². The van der Waals surface area contributed by atoms with Gasteiger partial charge in [0.1, 0.15) is 17.3 Å². The van der Waals surface area contributed by atoms with Crippen molar-refractivity contribution in [1.82, 2.24) is 25.5 Å². The minimum atomic E-state index is -0.884. The van der Waals surface area contributed by atoms with Crippen molar-refractivity contribution >= 4 is 29.8 Å². The standard InChI is InChI=1S/C37H49F2N7O2.C2H6/c1-23(2)26(5)41-36(48)27-11-10-25(4)29(20-27)33-30(21-40-6)35(46(22-47)34-31(38)8-7-9-32(34)39)43-37(42-33)45-18-14-28(15-19-45)44-16-12-24(3)13-17-44;1-2/h7-11,20,22-24,26,28,40H,12-19,21H2,1-6H3,(H,41,48);1-2H3. The molecule has 0 bridgehead atoms. The van der Waals surface area contributed by atoms with E-state index < -0.39 is 17.3 Å². The predicted molar refractivity (Wildman–Crippen MR) is 198 cm³/mol. The zero-order valence-corrected chi connectivity index (χ0v) is 31.0. The third kappa shape index (κ3) is 8.84. The molecule has 2 amide bonds. The molecule has 2 aliphatic rings. The van der Waals surface area contributed by atoms with Crippen LogP contribution in [0.3, 0.4) is 0 Å². The Morgan fingerprint density at radius 2 is 1.64 bits per heavy atom. The third-order valence-corrected chi connectivity index (χ3v) is 10.0. The molecule has 2 aromatic carbocycles. The summed E-state index contributed by atoms with van der Waals surface area (Å²) in [6.45, 7) is 18.1. The van der Waals surface area contributed by atoms with Gasteiger partial charge in [-0.05, 0) is 101 Å². The Bertz CT molecular complexity index is 1580. The Morgan fingerprint density at radius 3 is 2.22 bits per heavy atom. The summed E-state index contributed by atoms with van der Waals surface area (Å²) in [6.07, 6.45) is 4.68. The lowest BCUT2D eigenvalue weighted by Crippen LogP contribution is -2.48. The molecule has 1 atom stereocenters. The second-order valence-electron chi connectivity index (χ2n) is 13.7. The molecule has 9 nitrogen and oxygen atoms in total. The molecule has 2 aliphatic heterocycles. The number of halogens is 2. The van der Waals surface area contributed by atoms with E-state index in [1.165, 1.54) is 18.9 Å². The van der Waals surface area contributed by atoms with Gasteiger partial charge >= 0.3 is 0 Å². The second kappa shape index (κ2) is 17.8. The molecule has 2 fully saturated rings. The highest BCUT2D eigenvalue weighted by atomic mass is 19.1. The van der Waals surface area contributed by atoms with E-state index in [1.807, 2.05) is 47.6 Å². The quantitative estimate of drug-likeness (QED) is 0.205. The number of aryl methyl sites for hydroxylation is 1. The zero-order valence-electron chi connectivity index (χ0n) is 31.0. The van der Waals surface area contributed by atoms with Gasteiger partial charge in [0.15, 0.2) is 5.82 Å². The lowest BCUT2D eigenvalue weighted by atomic mass is 9.95. The minimum absolute atomic E-state index is 0.0348. The molecular weight excluding hydrogens is 636 g/mol. The van der Waals surface area contributed by atoms with E-state index in [2.05, 4.69) is 27.4 Å². The first-order valence-electron chi connectivity index (χ1n) is 18.2. The number of nitrogens with zero attached hydrogens (tertiary/aromatic N) is 5. The highest BCUT2D eigenvalue weighted by Crippen LogP contribution is 2.38. The normalized spacial score (nSPS) is 16.5. The van der Waals surface area contributed by atoms with Crippen molar-refractivity contribution in [2.75, 3.05) is 43.0 Å². The SMILES string of the molecule is CC.CNCc1c(-c2cc(C(=O)NC(C)C(C)C)ccc2C)nc(N2CCC(N3CCC(C)CC3)CC2)nc1N(C=O)c1c(F)cccc1F.